The van der Waals surface area contributed by atoms with Crippen LogP contribution in [0.25, 0.3) is 33.7 Å². The Morgan fingerprint density at radius 1 is 0.972 bits per heavy atom. The molecule has 36 heavy (non-hydrogen) atoms. The molecule has 7 heteroatoms. The number of alkyl halides is 3. The van der Waals surface area contributed by atoms with E-state index in [4.69, 9.17) is 10.1 Å². The number of aromatic nitrogens is 4. The van der Waals surface area contributed by atoms with Crippen molar-refractivity contribution < 1.29 is 13.2 Å². The van der Waals surface area contributed by atoms with Crippen LogP contribution in [0.4, 0.5) is 13.2 Å². The van der Waals surface area contributed by atoms with Gasteiger partial charge in [-0.3, -0.25) is 4.68 Å². The normalized spacial score (nSPS) is 13.6. The van der Waals surface area contributed by atoms with E-state index in [0.29, 0.717) is 28.3 Å². The van der Waals surface area contributed by atoms with Gasteiger partial charge in [-0.2, -0.15) is 18.3 Å². The van der Waals surface area contributed by atoms with E-state index >= 15 is 0 Å². The minimum Gasteiger partial charge on any atom is -0.337 e. The molecule has 4 nitrogen and oxygen atoms in total. The van der Waals surface area contributed by atoms with Gasteiger partial charge in [0.25, 0.3) is 0 Å². The minimum absolute atomic E-state index is 0.130. The number of hydrogen-bond donors (Lipinski definition) is 1. The molecule has 0 saturated heterocycles. The Hall–Kier alpha value is -3.09. The zero-order valence-electron chi connectivity index (χ0n) is 21.9. The Morgan fingerprint density at radius 3 is 2.31 bits per heavy atom. The number of rotatable bonds is 7. The topological polar surface area (TPSA) is 46.5 Å². The summed E-state index contributed by atoms with van der Waals surface area (Å²) < 4.78 is 42.9. The monoisotopic (exact) mass is 496 g/mol. The van der Waals surface area contributed by atoms with Crippen LogP contribution in [0.5, 0.6) is 0 Å². The lowest BCUT2D eigenvalue weighted by atomic mass is 9.92. The number of fused-ring (bicyclic) bond motifs is 1. The van der Waals surface area contributed by atoms with Gasteiger partial charge in [-0.25, -0.2) is 4.98 Å². The highest BCUT2D eigenvalue weighted by Crippen LogP contribution is 2.38. The summed E-state index contributed by atoms with van der Waals surface area (Å²) in [7, 11) is 0. The first-order chi connectivity index (χ1) is 16.9. The first kappa shape index (κ1) is 26.0. The molecular formula is C29H35F3N4. The van der Waals surface area contributed by atoms with Crippen molar-refractivity contribution in [1.29, 1.82) is 0 Å². The molecular weight excluding hydrogens is 461 g/mol. The lowest BCUT2D eigenvalue weighted by Gasteiger charge is -2.21. The van der Waals surface area contributed by atoms with Crippen LogP contribution in [-0.2, 0) is 11.6 Å². The molecule has 2 heterocycles. The molecule has 0 spiro atoms. The third-order valence-electron chi connectivity index (χ3n) is 7.02. The van der Waals surface area contributed by atoms with Crippen molar-refractivity contribution in [3.8, 4) is 22.6 Å². The molecule has 4 aromatic rings. The molecule has 2 aromatic carbocycles. The van der Waals surface area contributed by atoms with E-state index in [1.807, 2.05) is 0 Å². The largest absolute Gasteiger partial charge is 0.417 e. The van der Waals surface area contributed by atoms with Crippen molar-refractivity contribution in [2.75, 3.05) is 0 Å². The Labute approximate surface area is 211 Å². The lowest BCUT2D eigenvalue weighted by molar-refractivity contribution is -0.137. The summed E-state index contributed by atoms with van der Waals surface area (Å²) in [5.74, 6) is 1.28. The van der Waals surface area contributed by atoms with Gasteiger partial charge in [0.15, 0.2) is 5.82 Å². The molecule has 0 aliphatic heterocycles. The zero-order chi connectivity index (χ0) is 26.3. The van der Waals surface area contributed by atoms with Gasteiger partial charge < -0.3 is 4.98 Å². The third-order valence-corrected chi connectivity index (χ3v) is 7.02. The summed E-state index contributed by atoms with van der Waals surface area (Å²) in [6.07, 6.45) is -1.16. The van der Waals surface area contributed by atoms with Crippen LogP contribution in [0.1, 0.15) is 78.1 Å². The van der Waals surface area contributed by atoms with Crippen LogP contribution < -0.4 is 0 Å². The molecule has 0 amide bonds. The van der Waals surface area contributed by atoms with Gasteiger partial charge in [-0.1, -0.05) is 71.7 Å². The molecule has 2 aromatic heterocycles. The second-order valence-corrected chi connectivity index (χ2v) is 10.7. The van der Waals surface area contributed by atoms with Crippen LogP contribution in [0.15, 0.2) is 48.5 Å². The van der Waals surface area contributed by atoms with E-state index in [2.05, 4.69) is 57.3 Å². The van der Waals surface area contributed by atoms with Crippen molar-refractivity contribution in [3.63, 3.8) is 0 Å². The first-order valence-electron chi connectivity index (χ1n) is 12.7. The van der Waals surface area contributed by atoms with Crippen molar-refractivity contribution in [3.05, 3.63) is 59.8 Å². The van der Waals surface area contributed by atoms with Crippen LogP contribution in [0, 0.1) is 5.92 Å². The van der Waals surface area contributed by atoms with Crippen molar-refractivity contribution in [1.82, 2.24) is 19.7 Å². The number of nitrogens with zero attached hydrogens (tertiary/aromatic N) is 3. The second kappa shape index (κ2) is 9.75. The Morgan fingerprint density at radius 2 is 1.67 bits per heavy atom. The number of hydrogen-bond acceptors (Lipinski definition) is 2. The molecule has 0 radical (unpaired) electrons. The summed E-state index contributed by atoms with van der Waals surface area (Å²) in [6.45, 7) is 13.0. The molecule has 1 N–H and O–H groups in total. The van der Waals surface area contributed by atoms with E-state index in [0.717, 1.165) is 36.7 Å². The Bertz CT molecular complexity index is 1340. The van der Waals surface area contributed by atoms with Crippen LogP contribution in [0.2, 0.25) is 0 Å². The van der Waals surface area contributed by atoms with E-state index in [-0.39, 0.29) is 17.0 Å². The second-order valence-electron chi connectivity index (χ2n) is 10.7. The number of halogens is 3. The fourth-order valence-corrected chi connectivity index (χ4v) is 4.76. The van der Waals surface area contributed by atoms with Gasteiger partial charge in [0.05, 0.1) is 28.3 Å². The Balaban J connectivity index is 1.79. The summed E-state index contributed by atoms with van der Waals surface area (Å²) in [5.41, 5.74) is 3.15. The molecule has 1 atom stereocenters. The highest BCUT2D eigenvalue weighted by Gasteiger charge is 2.33. The maximum absolute atomic E-state index is 13.6. The molecule has 0 saturated carbocycles. The molecule has 0 fully saturated rings. The van der Waals surface area contributed by atoms with Crippen LogP contribution in [-0.4, -0.2) is 19.7 Å². The number of H-pyrrole nitrogens is 1. The summed E-state index contributed by atoms with van der Waals surface area (Å²) in [5, 5.41) is 4.99. The van der Waals surface area contributed by atoms with E-state index in [9.17, 15) is 13.2 Å². The smallest absolute Gasteiger partial charge is 0.337 e. The fourth-order valence-electron chi connectivity index (χ4n) is 4.76. The molecule has 1 unspecified atom stereocenters. The summed E-state index contributed by atoms with van der Waals surface area (Å²) >= 11 is 0. The maximum Gasteiger partial charge on any atom is 0.417 e. The third kappa shape index (κ3) is 5.20. The molecule has 0 bridgehead atoms. The van der Waals surface area contributed by atoms with Gasteiger partial charge >= 0.3 is 6.18 Å². The van der Waals surface area contributed by atoms with Crippen LogP contribution >= 0.6 is 0 Å². The highest BCUT2D eigenvalue weighted by molar-refractivity contribution is 5.85. The lowest BCUT2D eigenvalue weighted by Crippen LogP contribution is -2.16. The molecule has 4 rings (SSSR count). The predicted molar refractivity (Wildman–Crippen MR) is 140 cm³/mol. The standard InChI is InChI=1S/C29H35F3N4/c1-7-19(8-2)15-18(3)36-25(17-26(35-36)28(4,5)6)27-33-23-14-13-20(16-24(23)34-27)21-11-9-10-12-22(21)29(30,31)32/h9-14,16-19H,7-8,15H2,1-6H3,(H,33,34). The number of nitrogens with one attached hydrogen (secondary N) is 1. The predicted octanol–water partition coefficient (Wildman–Crippen LogP) is 8.80. The van der Waals surface area contributed by atoms with Crippen LogP contribution in [0.3, 0.4) is 0 Å². The van der Waals surface area contributed by atoms with Gasteiger partial charge in [0.1, 0.15) is 5.69 Å². The fraction of sp³-hybridized carbons (Fsp3) is 0.448. The van der Waals surface area contributed by atoms with Gasteiger partial charge in [-0.05, 0) is 54.7 Å². The first-order valence-corrected chi connectivity index (χ1v) is 12.7. The maximum atomic E-state index is 13.6. The molecule has 192 valence electrons. The summed E-state index contributed by atoms with van der Waals surface area (Å²) in [6, 6.07) is 13.1. The van der Waals surface area contributed by atoms with E-state index < -0.39 is 11.7 Å². The SMILES string of the molecule is CCC(CC)CC(C)n1nc(C(C)(C)C)cc1-c1nc2ccc(-c3ccccc3C(F)(F)F)cc2[nH]1. The van der Waals surface area contributed by atoms with Crippen molar-refractivity contribution >= 4 is 11.0 Å². The van der Waals surface area contributed by atoms with E-state index in [1.54, 1.807) is 24.3 Å². The number of imidazole rings is 1. The molecule has 0 aliphatic rings. The van der Waals surface area contributed by atoms with Crippen molar-refractivity contribution in [2.45, 2.75) is 78.4 Å². The Kier molecular flexibility index (Phi) is 7.04. The minimum atomic E-state index is -4.43. The zero-order valence-corrected chi connectivity index (χ0v) is 21.9. The quantitative estimate of drug-likeness (QED) is 0.278. The number of benzene rings is 2. The van der Waals surface area contributed by atoms with Gasteiger partial charge in [0, 0.05) is 5.41 Å². The highest BCUT2D eigenvalue weighted by atomic mass is 19.4. The number of aromatic amines is 1. The summed E-state index contributed by atoms with van der Waals surface area (Å²) in [4.78, 5) is 8.18. The average molecular weight is 497 g/mol. The molecule has 0 aliphatic carbocycles. The average Bonchev–Trinajstić information content (AvgIpc) is 3.46. The van der Waals surface area contributed by atoms with Gasteiger partial charge in [-0.15, -0.1) is 0 Å². The van der Waals surface area contributed by atoms with Gasteiger partial charge in [0.2, 0.25) is 0 Å². The van der Waals surface area contributed by atoms with E-state index in [1.165, 1.54) is 12.1 Å². The van der Waals surface area contributed by atoms with Crippen molar-refractivity contribution in [2.24, 2.45) is 5.92 Å².